The Kier molecular flexibility index (Phi) is 3.43. The van der Waals surface area contributed by atoms with Gasteiger partial charge in [0.25, 0.3) is 0 Å². The zero-order valence-corrected chi connectivity index (χ0v) is 14.8. The molecule has 2 atom stereocenters. The lowest BCUT2D eigenvalue weighted by Crippen LogP contribution is -2.40. The number of halogens is 3. The van der Waals surface area contributed by atoms with Crippen LogP contribution in [0.5, 0.6) is 0 Å². The number of aromatic nitrogens is 4. The van der Waals surface area contributed by atoms with Crippen LogP contribution in [0.4, 0.5) is 13.2 Å². The van der Waals surface area contributed by atoms with Crippen molar-refractivity contribution >= 4 is 12.1 Å². The summed E-state index contributed by atoms with van der Waals surface area (Å²) in [6.45, 7) is 0.661. The van der Waals surface area contributed by atoms with E-state index >= 15 is 0 Å². The summed E-state index contributed by atoms with van der Waals surface area (Å²) in [5, 5.41) is 4.06. The Labute approximate surface area is 157 Å². The van der Waals surface area contributed by atoms with Crippen molar-refractivity contribution in [1.29, 1.82) is 0 Å². The number of amides is 1. The van der Waals surface area contributed by atoms with Gasteiger partial charge in [-0.15, -0.1) is 0 Å². The first kappa shape index (κ1) is 17.2. The molecule has 0 spiro atoms. The molecule has 2 saturated heterocycles. The quantitative estimate of drug-likeness (QED) is 0.643. The molecule has 5 rings (SSSR count). The zero-order valence-electron chi connectivity index (χ0n) is 14.8. The maximum absolute atomic E-state index is 13.6. The van der Waals surface area contributed by atoms with Gasteiger partial charge in [0.2, 0.25) is 6.41 Å². The van der Waals surface area contributed by atoms with Gasteiger partial charge in [-0.25, -0.2) is 4.98 Å². The van der Waals surface area contributed by atoms with E-state index in [0.29, 0.717) is 42.0 Å². The van der Waals surface area contributed by atoms with Gasteiger partial charge in [-0.3, -0.25) is 13.9 Å². The Morgan fingerprint density at radius 3 is 2.79 bits per heavy atom. The van der Waals surface area contributed by atoms with Crippen molar-refractivity contribution in [1.82, 2.24) is 24.1 Å². The van der Waals surface area contributed by atoms with E-state index in [1.165, 1.54) is 15.3 Å². The van der Waals surface area contributed by atoms with Crippen molar-refractivity contribution in [2.24, 2.45) is 7.05 Å². The summed E-state index contributed by atoms with van der Waals surface area (Å²) in [4.78, 5) is 17.3. The molecule has 146 valence electrons. The summed E-state index contributed by atoms with van der Waals surface area (Å²) in [6.07, 6.45) is 2.53. The van der Waals surface area contributed by atoms with Gasteiger partial charge in [-0.1, -0.05) is 0 Å². The highest BCUT2D eigenvalue weighted by Gasteiger charge is 2.53. The third-order valence-electron chi connectivity index (χ3n) is 5.58. The predicted octanol–water partition coefficient (Wildman–Crippen LogP) is 2.21. The summed E-state index contributed by atoms with van der Waals surface area (Å²) >= 11 is 0. The SMILES string of the molecule is Cn1cc(-c2cc(C(F)(F)F)cn3c([C@@]45C[C@@H](CO4)N(C=O)C5)cnc23)cn1. The number of imidazole rings is 1. The lowest BCUT2D eigenvalue weighted by Gasteiger charge is -2.30. The molecule has 0 N–H and O–H groups in total. The molecule has 2 aliphatic rings. The summed E-state index contributed by atoms with van der Waals surface area (Å²) in [7, 11) is 1.70. The molecule has 0 unspecified atom stereocenters. The molecule has 10 heteroatoms. The maximum atomic E-state index is 13.6. The van der Waals surface area contributed by atoms with Crippen LogP contribution in [-0.2, 0) is 28.4 Å². The van der Waals surface area contributed by atoms with E-state index in [1.54, 1.807) is 24.3 Å². The van der Waals surface area contributed by atoms with E-state index in [2.05, 4.69) is 10.1 Å². The smallest absolute Gasteiger partial charge is 0.365 e. The fourth-order valence-corrected chi connectivity index (χ4v) is 4.24. The highest BCUT2D eigenvalue weighted by atomic mass is 19.4. The van der Waals surface area contributed by atoms with Crippen LogP contribution in [0.3, 0.4) is 0 Å². The molecule has 2 fully saturated rings. The molecule has 0 radical (unpaired) electrons. The number of fused-ring (bicyclic) bond motifs is 3. The maximum Gasteiger partial charge on any atom is 0.417 e. The first-order valence-corrected chi connectivity index (χ1v) is 8.73. The minimum atomic E-state index is -4.52. The number of carbonyl (C=O) groups excluding carboxylic acids is 1. The number of ether oxygens (including phenoxy) is 1. The molecule has 0 saturated carbocycles. The van der Waals surface area contributed by atoms with Crippen LogP contribution in [0, 0.1) is 0 Å². The average molecular weight is 391 g/mol. The monoisotopic (exact) mass is 391 g/mol. The van der Waals surface area contributed by atoms with Gasteiger partial charge < -0.3 is 9.64 Å². The van der Waals surface area contributed by atoms with Crippen LogP contribution in [0.2, 0.25) is 0 Å². The number of carbonyl (C=O) groups is 1. The highest BCUT2D eigenvalue weighted by molar-refractivity contribution is 5.78. The topological polar surface area (TPSA) is 64.7 Å². The van der Waals surface area contributed by atoms with Crippen molar-refractivity contribution in [3.63, 3.8) is 0 Å². The minimum absolute atomic E-state index is 0.0633. The fourth-order valence-electron chi connectivity index (χ4n) is 4.24. The van der Waals surface area contributed by atoms with Crippen LogP contribution >= 0.6 is 0 Å². The molecular formula is C18H16F3N5O2. The van der Waals surface area contributed by atoms with E-state index in [-0.39, 0.29) is 6.04 Å². The zero-order chi connectivity index (χ0) is 19.7. The Bertz CT molecular complexity index is 1090. The average Bonchev–Trinajstić information content (AvgIpc) is 3.41. The first-order valence-electron chi connectivity index (χ1n) is 8.73. The van der Waals surface area contributed by atoms with Crippen molar-refractivity contribution in [3.05, 3.63) is 42.1 Å². The number of hydrogen-bond donors (Lipinski definition) is 0. The Morgan fingerprint density at radius 2 is 2.14 bits per heavy atom. The Balaban J connectivity index is 1.74. The van der Waals surface area contributed by atoms with E-state index in [9.17, 15) is 18.0 Å². The predicted molar refractivity (Wildman–Crippen MR) is 91.2 cm³/mol. The molecule has 3 aromatic rings. The molecule has 7 nitrogen and oxygen atoms in total. The molecule has 5 heterocycles. The summed E-state index contributed by atoms with van der Waals surface area (Å²) in [5.74, 6) is 0. The van der Waals surface area contributed by atoms with Crippen molar-refractivity contribution < 1.29 is 22.7 Å². The number of hydrogen-bond acceptors (Lipinski definition) is 4. The second kappa shape index (κ2) is 5.57. The number of nitrogens with zero attached hydrogens (tertiary/aromatic N) is 5. The Morgan fingerprint density at radius 1 is 1.32 bits per heavy atom. The molecule has 2 bridgehead atoms. The molecule has 1 amide bonds. The number of alkyl halides is 3. The number of rotatable bonds is 3. The van der Waals surface area contributed by atoms with Crippen LogP contribution < -0.4 is 0 Å². The van der Waals surface area contributed by atoms with Crippen LogP contribution in [0.1, 0.15) is 17.7 Å². The van der Waals surface area contributed by atoms with Gasteiger partial charge in [-0.05, 0) is 6.07 Å². The number of likely N-dealkylation sites (tertiary alicyclic amines) is 1. The van der Waals surface area contributed by atoms with E-state index in [1.807, 2.05) is 0 Å². The van der Waals surface area contributed by atoms with E-state index < -0.39 is 17.3 Å². The first-order chi connectivity index (χ1) is 13.3. The third-order valence-corrected chi connectivity index (χ3v) is 5.58. The fraction of sp³-hybridized carbons (Fsp3) is 0.389. The lowest BCUT2D eigenvalue weighted by molar-refractivity contribution is -0.137. The van der Waals surface area contributed by atoms with Gasteiger partial charge in [0.05, 0.1) is 42.8 Å². The van der Waals surface area contributed by atoms with Gasteiger partial charge >= 0.3 is 6.18 Å². The normalized spacial score (nSPS) is 24.4. The molecule has 0 aromatic carbocycles. The van der Waals surface area contributed by atoms with Crippen LogP contribution in [0.25, 0.3) is 16.8 Å². The summed E-state index contributed by atoms with van der Waals surface area (Å²) < 4.78 is 49.7. The second-order valence-electron chi connectivity index (χ2n) is 7.32. The van der Waals surface area contributed by atoms with Gasteiger partial charge in [0.15, 0.2) is 0 Å². The largest absolute Gasteiger partial charge is 0.417 e. The molecular weight excluding hydrogens is 375 g/mol. The van der Waals surface area contributed by atoms with E-state index in [4.69, 9.17) is 4.74 Å². The molecule has 0 aliphatic carbocycles. The second-order valence-corrected chi connectivity index (χ2v) is 7.32. The number of pyridine rings is 1. The van der Waals surface area contributed by atoms with Crippen molar-refractivity contribution in [2.75, 3.05) is 13.2 Å². The highest BCUT2D eigenvalue weighted by Crippen LogP contribution is 2.45. The van der Waals surface area contributed by atoms with Crippen molar-refractivity contribution in [3.8, 4) is 11.1 Å². The van der Waals surface area contributed by atoms with Gasteiger partial charge in [0, 0.05) is 37.0 Å². The van der Waals surface area contributed by atoms with Crippen molar-refractivity contribution in [2.45, 2.75) is 24.2 Å². The van der Waals surface area contributed by atoms with Gasteiger partial charge in [0.1, 0.15) is 11.2 Å². The third kappa shape index (κ3) is 2.37. The molecule has 28 heavy (non-hydrogen) atoms. The van der Waals surface area contributed by atoms with Gasteiger partial charge in [-0.2, -0.15) is 18.3 Å². The lowest BCUT2D eigenvalue weighted by atomic mass is 9.99. The molecule has 2 aliphatic heterocycles. The number of aryl methyl sites for hydroxylation is 1. The minimum Gasteiger partial charge on any atom is -0.365 e. The Hall–Kier alpha value is -2.88. The van der Waals surface area contributed by atoms with E-state index in [0.717, 1.165) is 18.7 Å². The van der Waals surface area contributed by atoms with Crippen LogP contribution in [0.15, 0.2) is 30.9 Å². The summed E-state index contributed by atoms with van der Waals surface area (Å²) in [6, 6.07) is 1.03. The number of morpholine rings is 1. The molecule has 3 aromatic heterocycles. The standard InChI is InChI=1S/C18H16F3N5O2/c1-24-6-11(4-23-24)14-2-12(18(19,20)21)7-26-15(5-22-16(14)26)17-3-13(8-28-17)25(9-17)10-27/h2,4-7,10,13H,3,8-9H2,1H3/t13-,17-/m0/s1. The summed E-state index contributed by atoms with van der Waals surface area (Å²) in [5.41, 5.74) is 0.160. The van der Waals surface area contributed by atoms with Crippen LogP contribution in [-0.4, -0.2) is 49.7 Å².